The van der Waals surface area contributed by atoms with Gasteiger partial charge in [0, 0.05) is 30.1 Å². The van der Waals surface area contributed by atoms with Crippen LogP contribution in [0.1, 0.15) is 24.8 Å². The number of anilines is 1. The van der Waals surface area contributed by atoms with Crippen LogP contribution in [0.2, 0.25) is 0 Å². The Kier molecular flexibility index (Phi) is 5.20. The molecule has 4 rings (SSSR count). The Labute approximate surface area is 169 Å². The van der Waals surface area contributed by atoms with Gasteiger partial charge in [0.15, 0.2) is 11.5 Å². The Morgan fingerprint density at radius 2 is 1.97 bits per heavy atom. The highest BCUT2D eigenvalue weighted by Crippen LogP contribution is 2.33. The van der Waals surface area contributed by atoms with Crippen molar-refractivity contribution in [2.75, 3.05) is 19.1 Å². The Bertz CT molecular complexity index is 1030. The minimum atomic E-state index is 0.0633. The first-order valence-electron chi connectivity index (χ1n) is 9.55. The van der Waals surface area contributed by atoms with Crippen molar-refractivity contribution in [3.05, 3.63) is 53.9 Å². The van der Waals surface area contributed by atoms with Crippen molar-refractivity contribution in [2.24, 2.45) is 0 Å². The maximum absolute atomic E-state index is 12.8. The molecule has 0 saturated heterocycles. The highest BCUT2D eigenvalue weighted by molar-refractivity contribution is 5.96. The average Bonchev–Trinajstić information content (AvgIpc) is 3.35. The summed E-state index contributed by atoms with van der Waals surface area (Å²) in [4.78, 5) is 19.1. The van der Waals surface area contributed by atoms with Crippen molar-refractivity contribution in [3.63, 3.8) is 0 Å². The second kappa shape index (κ2) is 7.95. The zero-order valence-electron chi connectivity index (χ0n) is 16.7. The van der Waals surface area contributed by atoms with Crippen LogP contribution in [0.4, 0.5) is 5.69 Å². The maximum Gasteiger partial charge on any atom is 0.227 e. The van der Waals surface area contributed by atoms with Crippen molar-refractivity contribution in [3.8, 4) is 22.9 Å². The van der Waals surface area contributed by atoms with E-state index < -0.39 is 0 Å². The van der Waals surface area contributed by atoms with Crippen LogP contribution in [-0.4, -0.2) is 36.3 Å². The quantitative estimate of drug-likeness (QED) is 0.636. The molecular formula is C22H23N3O4. The number of aryl methyl sites for hydroxylation is 1. The van der Waals surface area contributed by atoms with Gasteiger partial charge in [-0.3, -0.25) is 4.79 Å². The van der Waals surface area contributed by atoms with E-state index in [-0.39, 0.29) is 11.9 Å². The Morgan fingerprint density at radius 1 is 1.17 bits per heavy atom. The average molecular weight is 393 g/mol. The molecule has 0 saturated carbocycles. The van der Waals surface area contributed by atoms with E-state index >= 15 is 0 Å². The summed E-state index contributed by atoms with van der Waals surface area (Å²) >= 11 is 0. The number of rotatable bonds is 6. The van der Waals surface area contributed by atoms with Gasteiger partial charge in [-0.1, -0.05) is 23.4 Å². The normalized spacial score (nSPS) is 15.3. The first-order valence-corrected chi connectivity index (χ1v) is 9.55. The highest BCUT2D eigenvalue weighted by Gasteiger charge is 2.30. The van der Waals surface area contributed by atoms with Crippen LogP contribution in [0.15, 0.2) is 47.0 Å². The van der Waals surface area contributed by atoms with Gasteiger partial charge in [0.2, 0.25) is 17.6 Å². The lowest BCUT2D eigenvalue weighted by molar-refractivity contribution is -0.118. The van der Waals surface area contributed by atoms with E-state index in [0.29, 0.717) is 36.1 Å². The summed E-state index contributed by atoms with van der Waals surface area (Å²) in [6.45, 7) is 2.07. The third-order valence-electron chi connectivity index (χ3n) is 5.14. The maximum atomic E-state index is 12.8. The third-order valence-corrected chi connectivity index (χ3v) is 5.14. The minimum absolute atomic E-state index is 0.0633. The lowest BCUT2D eigenvalue weighted by Gasteiger charge is -2.22. The van der Waals surface area contributed by atoms with Crippen LogP contribution in [0.5, 0.6) is 11.5 Å². The number of nitrogens with zero attached hydrogens (tertiary/aromatic N) is 3. The number of para-hydroxylation sites is 1. The van der Waals surface area contributed by atoms with Crippen molar-refractivity contribution in [1.29, 1.82) is 0 Å². The summed E-state index contributed by atoms with van der Waals surface area (Å²) in [6, 6.07) is 13.6. The fourth-order valence-electron chi connectivity index (χ4n) is 3.73. The van der Waals surface area contributed by atoms with Crippen molar-refractivity contribution >= 4 is 11.6 Å². The number of carbonyl (C=O) groups excluding carboxylic acids is 1. The van der Waals surface area contributed by atoms with Crippen molar-refractivity contribution < 1.29 is 18.8 Å². The van der Waals surface area contributed by atoms with E-state index in [9.17, 15) is 4.79 Å². The van der Waals surface area contributed by atoms with E-state index in [0.717, 1.165) is 17.7 Å². The van der Waals surface area contributed by atoms with Gasteiger partial charge in [-0.2, -0.15) is 4.98 Å². The molecule has 0 N–H and O–H groups in total. The number of aromatic nitrogens is 2. The van der Waals surface area contributed by atoms with E-state index in [1.807, 2.05) is 29.2 Å². The molecule has 3 aromatic rings. The topological polar surface area (TPSA) is 77.7 Å². The second-order valence-electron chi connectivity index (χ2n) is 7.03. The molecule has 0 bridgehead atoms. The number of amides is 1. The number of hydrogen-bond donors (Lipinski definition) is 0. The molecule has 1 aliphatic rings. The van der Waals surface area contributed by atoms with Crippen molar-refractivity contribution in [2.45, 2.75) is 32.2 Å². The Balaban J connectivity index is 1.44. The summed E-state index contributed by atoms with van der Waals surface area (Å²) in [7, 11) is 3.16. The van der Waals surface area contributed by atoms with Crippen LogP contribution >= 0.6 is 0 Å². The molecule has 1 aliphatic heterocycles. The molecule has 1 aromatic heterocycles. The largest absolute Gasteiger partial charge is 0.493 e. The SMILES string of the molecule is COc1ccc(-c2noc(CCC(=O)N3c4ccccc4C[C@@H]3C)n2)cc1OC. The molecular weight excluding hydrogens is 370 g/mol. The fourth-order valence-corrected chi connectivity index (χ4v) is 3.73. The Hall–Kier alpha value is -3.35. The molecule has 0 aliphatic carbocycles. The van der Waals surface area contributed by atoms with E-state index in [1.165, 1.54) is 5.56 Å². The van der Waals surface area contributed by atoms with Gasteiger partial charge >= 0.3 is 0 Å². The molecule has 0 fully saturated rings. The van der Waals surface area contributed by atoms with Gasteiger partial charge in [0.05, 0.1) is 14.2 Å². The fraction of sp³-hybridized carbons (Fsp3) is 0.318. The molecule has 2 heterocycles. The van der Waals surface area contributed by atoms with Crippen molar-refractivity contribution in [1.82, 2.24) is 10.1 Å². The number of methoxy groups -OCH3 is 2. The Morgan fingerprint density at radius 3 is 2.76 bits per heavy atom. The summed E-state index contributed by atoms with van der Waals surface area (Å²) in [5.41, 5.74) is 2.97. The van der Waals surface area contributed by atoms with Crippen LogP contribution in [0.25, 0.3) is 11.4 Å². The molecule has 7 heteroatoms. The lowest BCUT2D eigenvalue weighted by Crippen LogP contribution is -2.35. The zero-order valence-corrected chi connectivity index (χ0v) is 16.7. The molecule has 7 nitrogen and oxygen atoms in total. The van der Waals surface area contributed by atoms with Gasteiger partial charge in [-0.25, -0.2) is 0 Å². The predicted octanol–water partition coefficient (Wildman–Crippen LogP) is 3.66. The van der Waals surface area contributed by atoms with Crippen LogP contribution < -0.4 is 14.4 Å². The van der Waals surface area contributed by atoms with Crippen LogP contribution in [-0.2, 0) is 17.6 Å². The summed E-state index contributed by atoms with van der Waals surface area (Å²) < 4.78 is 15.9. The summed E-state index contributed by atoms with van der Waals surface area (Å²) in [5, 5.41) is 4.04. The number of ether oxygens (including phenoxy) is 2. The molecule has 0 radical (unpaired) electrons. The first-order chi connectivity index (χ1) is 14.1. The molecule has 1 amide bonds. The highest BCUT2D eigenvalue weighted by atomic mass is 16.5. The predicted molar refractivity (Wildman–Crippen MR) is 108 cm³/mol. The number of fused-ring (bicyclic) bond motifs is 1. The molecule has 0 spiro atoms. The molecule has 150 valence electrons. The van der Waals surface area contributed by atoms with Gasteiger partial charge in [-0.05, 0) is 43.2 Å². The summed E-state index contributed by atoms with van der Waals surface area (Å²) in [6.07, 6.45) is 1.59. The summed E-state index contributed by atoms with van der Waals surface area (Å²) in [5.74, 6) is 2.17. The molecule has 0 unspecified atom stereocenters. The number of carbonyl (C=O) groups is 1. The van der Waals surface area contributed by atoms with Gasteiger partial charge < -0.3 is 18.9 Å². The lowest BCUT2D eigenvalue weighted by atomic mass is 10.1. The van der Waals surface area contributed by atoms with Gasteiger partial charge in [-0.15, -0.1) is 0 Å². The monoisotopic (exact) mass is 393 g/mol. The van der Waals surface area contributed by atoms with E-state index in [1.54, 1.807) is 26.4 Å². The minimum Gasteiger partial charge on any atom is -0.493 e. The zero-order chi connectivity index (χ0) is 20.4. The standard InChI is InChI=1S/C22H23N3O4/c1-14-12-15-6-4-5-7-17(15)25(14)21(26)11-10-20-23-22(24-29-20)16-8-9-18(27-2)19(13-16)28-3/h4-9,13-14H,10-12H2,1-3H3/t14-/m0/s1. The number of hydrogen-bond acceptors (Lipinski definition) is 6. The van der Waals surface area contributed by atoms with Gasteiger partial charge in [0.25, 0.3) is 0 Å². The van der Waals surface area contributed by atoms with Crippen LogP contribution in [0.3, 0.4) is 0 Å². The second-order valence-corrected chi connectivity index (χ2v) is 7.03. The smallest absolute Gasteiger partial charge is 0.227 e. The molecule has 2 aromatic carbocycles. The van der Waals surface area contributed by atoms with E-state index in [4.69, 9.17) is 14.0 Å². The number of benzene rings is 2. The van der Waals surface area contributed by atoms with E-state index in [2.05, 4.69) is 23.1 Å². The van der Waals surface area contributed by atoms with Gasteiger partial charge in [0.1, 0.15) is 0 Å². The first kappa shape index (κ1) is 19.0. The third kappa shape index (κ3) is 3.68. The molecule has 1 atom stereocenters. The van der Waals surface area contributed by atoms with Crippen LogP contribution in [0, 0.1) is 0 Å². The molecule has 29 heavy (non-hydrogen) atoms.